The lowest BCUT2D eigenvalue weighted by Crippen LogP contribution is -2.21. The van der Waals surface area contributed by atoms with Crippen molar-refractivity contribution in [1.82, 2.24) is 15.1 Å². The van der Waals surface area contributed by atoms with Crippen LogP contribution in [-0.2, 0) is 13.1 Å². The number of aryl methyl sites for hydroxylation is 1. The normalized spacial score (nSPS) is 11.1. The van der Waals surface area contributed by atoms with Gasteiger partial charge in [0.2, 0.25) is 0 Å². The molecular weight excluding hydrogens is 222 g/mol. The van der Waals surface area contributed by atoms with Gasteiger partial charge in [0.05, 0.1) is 5.69 Å². The average Bonchev–Trinajstić information content (AvgIpc) is 2.76. The van der Waals surface area contributed by atoms with Crippen molar-refractivity contribution in [2.45, 2.75) is 52.6 Å². The number of allylic oxidation sites excluding steroid dienone is 1. The van der Waals surface area contributed by atoms with Crippen LogP contribution >= 0.6 is 0 Å². The fourth-order valence-corrected chi connectivity index (χ4v) is 1.93. The Labute approximate surface area is 111 Å². The van der Waals surface area contributed by atoms with Gasteiger partial charge in [-0.05, 0) is 37.8 Å². The van der Waals surface area contributed by atoms with Crippen LogP contribution in [0.1, 0.15) is 45.2 Å². The van der Waals surface area contributed by atoms with E-state index in [0.29, 0.717) is 5.92 Å². The first kappa shape index (κ1) is 15.0. The Morgan fingerprint density at radius 3 is 2.94 bits per heavy atom. The molecule has 0 amide bonds. The van der Waals surface area contributed by atoms with Crippen molar-refractivity contribution in [3.63, 3.8) is 0 Å². The fourth-order valence-electron chi connectivity index (χ4n) is 1.93. The molecule has 0 radical (unpaired) electrons. The molecule has 0 aliphatic carbocycles. The van der Waals surface area contributed by atoms with Gasteiger partial charge < -0.3 is 5.32 Å². The third-order valence-electron chi connectivity index (χ3n) is 2.94. The predicted molar refractivity (Wildman–Crippen MR) is 77.4 cm³/mol. The van der Waals surface area contributed by atoms with Crippen molar-refractivity contribution < 1.29 is 0 Å². The summed E-state index contributed by atoms with van der Waals surface area (Å²) in [6.45, 7) is 11.2. The molecule has 18 heavy (non-hydrogen) atoms. The number of hydrogen-bond donors (Lipinski definition) is 1. The van der Waals surface area contributed by atoms with E-state index in [1.807, 2.05) is 12.3 Å². The van der Waals surface area contributed by atoms with Gasteiger partial charge in [0.15, 0.2) is 0 Å². The molecule has 0 bridgehead atoms. The van der Waals surface area contributed by atoms with Crippen LogP contribution in [0.4, 0.5) is 0 Å². The van der Waals surface area contributed by atoms with E-state index in [2.05, 4.69) is 41.6 Å². The minimum atomic E-state index is 0.695. The Morgan fingerprint density at radius 1 is 1.39 bits per heavy atom. The van der Waals surface area contributed by atoms with Crippen molar-refractivity contribution >= 4 is 0 Å². The molecule has 102 valence electrons. The third-order valence-corrected chi connectivity index (χ3v) is 2.94. The highest BCUT2D eigenvalue weighted by Crippen LogP contribution is 2.05. The first-order valence-corrected chi connectivity index (χ1v) is 7.06. The second kappa shape index (κ2) is 8.92. The molecule has 3 heteroatoms. The van der Waals surface area contributed by atoms with Crippen molar-refractivity contribution in [3.05, 3.63) is 30.6 Å². The zero-order valence-corrected chi connectivity index (χ0v) is 11.9. The van der Waals surface area contributed by atoms with Crippen molar-refractivity contribution in [2.24, 2.45) is 5.92 Å². The van der Waals surface area contributed by atoms with Crippen LogP contribution < -0.4 is 5.32 Å². The number of rotatable bonds is 10. The molecule has 0 aliphatic rings. The summed E-state index contributed by atoms with van der Waals surface area (Å²) in [4.78, 5) is 0. The molecule has 3 nitrogen and oxygen atoms in total. The molecular formula is C15H27N3. The average molecular weight is 249 g/mol. The lowest BCUT2D eigenvalue weighted by Gasteiger charge is -2.10. The molecule has 0 atom stereocenters. The molecule has 0 spiro atoms. The van der Waals surface area contributed by atoms with Gasteiger partial charge in [0, 0.05) is 19.3 Å². The number of nitrogens with one attached hydrogen (secondary N) is 1. The summed E-state index contributed by atoms with van der Waals surface area (Å²) in [6.07, 6.45) is 8.72. The van der Waals surface area contributed by atoms with Gasteiger partial charge in [-0.15, -0.1) is 6.58 Å². The van der Waals surface area contributed by atoms with Crippen LogP contribution in [0, 0.1) is 5.92 Å². The Balaban J connectivity index is 2.24. The Bertz CT molecular complexity index is 328. The molecule has 1 heterocycles. The number of unbranched alkanes of at least 4 members (excludes halogenated alkanes) is 3. The fraction of sp³-hybridized carbons (Fsp3) is 0.667. The van der Waals surface area contributed by atoms with Crippen LogP contribution in [0.2, 0.25) is 0 Å². The minimum Gasteiger partial charge on any atom is -0.311 e. The lowest BCUT2D eigenvalue weighted by atomic mass is 10.2. The zero-order chi connectivity index (χ0) is 13.2. The SMILES string of the molecule is C=CCCCCCn1nccc1CNCC(C)C. The van der Waals surface area contributed by atoms with Gasteiger partial charge in [-0.25, -0.2) is 0 Å². The summed E-state index contributed by atoms with van der Waals surface area (Å²) < 4.78 is 2.13. The maximum absolute atomic E-state index is 4.39. The molecule has 0 saturated heterocycles. The number of aromatic nitrogens is 2. The molecule has 0 aliphatic heterocycles. The second-order valence-electron chi connectivity index (χ2n) is 5.21. The summed E-state index contributed by atoms with van der Waals surface area (Å²) in [7, 11) is 0. The third kappa shape index (κ3) is 6.01. The van der Waals surface area contributed by atoms with E-state index in [1.165, 1.54) is 25.0 Å². The Morgan fingerprint density at radius 2 is 2.22 bits per heavy atom. The maximum atomic E-state index is 4.39. The first-order valence-electron chi connectivity index (χ1n) is 7.06. The number of nitrogens with zero attached hydrogens (tertiary/aromatic N) is 2. The van der Waals surface area contributed by atoms with Gasteiger partial charge >= 0.3 is 0 Å². The smallest absolute Gasteiger partial charge is 0.0522 e. The summed E-state index contributed by atoms with van der Waals surface area (Å²) in [5, 5.41) is 7.85. The highest BCUT2D eigenvalue weighted by atomic mass is 15.3. The van der Waals surface area contributed by atoms with Crippen LogP contribution in [0.25, 0.3) is 0 Å². The second-order valence-corrected chi connectivity index (χ2v) is 5.21. The monoisotopic (exact) mass is 249 g/mol. The van der Waals surface area contributed by atoms with Crippen molar-refractivity contribution in [3.8, 4) is 0 Å². The molecule has 1 N–H and O–H groups in total. The molecule has 0 saturated carbocycles. The Hall–Kier alpha value is -1.09. The quantitative estimate of drug-likeness (QED) is 0.509. The van der Waals surface area contributed by atoms with Crippen LogP contribution in [-0.4, -0.2) is 16.3 Å². The van der Waals surface area contributed by atoms with E-state index in [4.69, 9.17) is 0 Å². The minimum absolute atomic E-state index is 0.695. The topological polar surface area (TPSA) is 29.9 Å². The first-order chi connectivity index (χ1) is 8.74. The van der Waals surface area contributed by atoms with Gasteiger partial charge in [-0.3, -0.25) is 4.68 Å². The molecule has 0 unspecified atom stereocenters. The van der Waals surface area contributed by atoms with E-state index < -0.39 is 0 Å². The summed E-state index contributed by atoms with van der Waals surface area (Å²) >= 11 is 0. The highest BCUT2D eigenvalue weighted by molar-refractivity contribution is 4.99. The van der Waals surface area contributed by atoms with Crippen LogP contribution in [0.5, 0.6) is 0 Å². The maximum Gasteiger partial charge on any atom is 0.0522 e. The zero-order valence-electron chi connectivity index (χ0n) is 11.9. The summed E-state index contributed by atoms with van der Waals surface area (Å²) in [5.74, 6) is 0.695. The van der Waals surface area contributed by atoms with Gasteiger partial charge in [0.1, 0.15) is 0 Å². The number of hydrogen-bond acceptors (Lipinski definition) is 2. The molecule has 1 aromatic rings. The van der Waals surface area contributed by atoms with Crippen LogP contribution in [0.15, 0.2) is 24.9 Å². The van der Waals surface area contributed by atoms with Crippen LogP contribution in [0.3, 0.4) is 0 Å². The van der Waals surface area contributed by atoms with Gasteiger partial charge in [-0.2, -0.15) is 5.10 Å². The molecule has 1 aromatic heterocycles. The Kier molecular flexibility index (Phi) is 7.42. The van der Waals surface area contributed by atoms with Gasteiger partial charge in [-0.1, -0.05) is 26.3 Å². The van der Waals surface area contributed by atoms with Gasteiger partial charge in [0.25, 0.3) is 0 Å². The molecule has 1 rings (SSSR count). The van der Waals surface area contributed by atoms with E-state index in [1.54, 1.807) is 0 Å². The lowest BCUT2D eigenvalue weighted by molar-refractivity contribution is 0.497. The molecule has 0 aromatic carbocycles. The van der Waals surface area contributed by atoms with E-state index in [9.17, 15) is 0 Å². The summed E-state index contributed by atoms with van der Waals surface area (Å²) in [6, 6.07) is 2.11. The van der Waals surface area contributed by atoms with Crippen molar-refractivity contribution in [2.75, 3.05) is 6.54 Å². The van der Waals surface area contributed by atoms with E-state index >= 15 is 0 Å². The predicted octanol–water partition coefficient (Wildman–Crippen LogP) is 3.38. The summed E-state index contributed by atoms with van der Waals surface area (Å²) in [5.41, 5.74) is 1.29. The van der Waals surface area contributed by atoms with E-state index in [-0.39, 0.29) is 0 Å². The molecule has 0 fully saturated rings. The van der Waals surface area contributed by atoms with Crippen molar-refractivity contribution in [1.29, 1.82) is 0 Å². The standard InChI is InChI=1S/C15H27N3/c1-4-5-6-7-8-11-18-15(9-10-17-18)13-16-12-14(2)3/h4,9-10,14,16H,1,5-8,11-13H2,2-3H3. The largest absolute Gasteiger partial charge is 0.311 e. The van der Waals surface area contributed by atoms with E-state index in [0.717, 1.165) is 26.1 Å². The highest BCUT2D eigenvalue weighted by Gasteiger charge is 2.02.